The van der Waals surface area contributed by atoms with Crippen LogP contribution in [0.3, 0.4) is 0 Å². The zero-order chi connectivity index (χ0) is 11.8. The Morgan fingerprint density at radius 3 is 2.94 bits per heavy atom. The summed E-state index contributed by atoms with van der Waals surface area (Å²) in [5.74, 6) is 3.67. The Balaban J connectivity index is 1.68. The number of anilines is 2. The molecule has 1 aromatic rings. The van der Waals surface area contributed by atoms with Crippen molar-refractivity contribution in [1.82, 2.24) is 9.97 Å². The van der Waals surface area contributed by atoms with Crippen LogP contribution in [0.2, 0.25) is 0 Å². The van der Waals surface area contributed by atoms with Crippen LogP contribution in [0.25, 0.3) is 0 Å². The van der Waals surface area contributed by atoms with Gasteiger partial charge in [-0.1, -0.05) is 6.42 Å². The van der Waals surface area contributed by atoms with E-state index in [9.17, 15) is 0 Å². The van der Waals surface area contributed by atoms with Gasteiger partial charge < -0.3 is 10.6 Å². The predicted octanol–water partition coefficient (Wildman–Crippen LogP) is 1.93. The van der Waals surface area contributed by atoms with Crippen LogP contribution in [0.1, 0.15) is 25.7 Å². The van der Waals surface area contributed by atoms with Crippen molar-refractivity contribution in [2.75, 3.05) is 24.2 Å². The van der Waals surface area contributed by atoms with Crippen molar-refractivity contribution in [3.05, 3.63) is 12.5 Å². The van der Waals surface area contributed by atoms with Crippen LogP contribution < -0.4 is 10.6 Å². The summed E-state index contributed by atoms with van der Waals surface area (Å²) in [5.41, 5.74) is 6.58. The van der Waals surface area contributed by atoms with E-state index in [0.717, 1.165) is 30.1 Å². The van der Waals surface area contributed by atoms with Crippen LogP contribution in [-0.4, -0.2) is 23.6 Å². The van der Waals surface area contributed by atoms with Gasteiger partial charge in [0.2, 0.25) is 0 Å². The molecule has 92 valence electrons. The number of fused-ring (bicyclic) bond motifs is 2. The highest BCUT2D eigenvalue weighted by atomic mass is 15.2. The zero-order valence-electron chi connectivity index (χ0n) is 10.3. The van der Waals surface area contributed by atoms with Crippen LogP contribution >= 0.6 is 0 Å². The fourth-order valence-corrected chi connectivity index (χ4v) is 3.69. The fraction of sp³-hybridized carbons (Fsp3) is 0.692. The van der Waals surface area contributed by atoms with Gasteiger partial charge >= 0.3 is 0 Å². The third-order valence-corrected chi connectivity index (χ3v) is 4.47. The maximum absolute atomic E-state index is 5.90. The average molecular weight is 232 g/mol. The first kappa shape index (κ1) is 10.8. The van der Waals surface area contributed by atoms with Gasteiger partial charge in [0, 0.05) is 13.6 Å². The maximum Gasteiger partial charge on any atom is 0.154 e. The molecule has 0 radical (unpaired) electrons. The summed E-state index contributed by atoms with van der Waals surface area (Å²) < 4.78 is 0. The second kappa shape index (κ2) is 4.17. The number of rotatable bonds is 3. The van der Waals surface area contributed by atoms with Crippen LogP contribution in [0, 0.1) is 17.8 Å². The van der Waals surface area contributed by atoms with E-state index in [2.05, 4.69) is 21.9 Å². The molecule has 1 aromatic heterocycles. The standard InChI is InChI=1S/C13H20N4/c1-17(13-12(14)6-15-8-16-13)7-11-5-9-2-3-10(11)4-9/h6,8-11H,2-5,7,14H2,1H3. The van der Waals surface area contributed by atoms with E-state index in [1.807, 2.05) is 0 Å². The first-order valence-electron chi connectivity index (χ1n) is 6.50. The lowest BCUT2D eigenvalue weighted by Crippen LogP contribution is -2.29. The second-order valence-corrected chi connectivity index (χ2v) is 5.62. The van der Waals surface area contributed by atoms with Crippen molar-refractivity contribution in [3.63, 3.8) is 0 Å². The fourth-order valence-electron chi connectivity index (χ4n) is 3.69. The summed E-state index contributed by atoms with van der Waals surface area (Å²) in [4.78, 5) is 10.4. The highest BCUT2D eigenvalue weighted by Crippen LogP contribution is 2.48. The molecule has 2 bridgehead atoms. The van der Waals surface area contributed by atoms with Crippen molar-refractivity contribution >= 4 is 11.5 Å². The summed E-state index contributed by atoms with van der Waals surface area (Å²) in [6.07, 6.45) is 9.00. The number of hydrogen-bond donors (Lipinski definition) is 1. The number of aromatic nitrogens is 2. The minimum Gasteiger partial charge on any atom is -0.394 e. The third kappa shape index (κ3) is 1.96. The van der Waals surface area contributed by atoms with Gasteiger partial charge in [-0.05, 0) is 37.0 Å². The van der Waals surface area contributed by atoms with Gasteiger partial charge in [-0.25, -0.2) is 9.97 Å². The molecule has 17 heavy (non-hydrogen) atoms. The summed E-state index contributed by atoms with van der Waals surface area (Å²) in [6.45, 7) is 1.09. The van der Waals surface area contributed by atoms with Gasteiger partial charge in [-0.3, -0.25) is 0 Å². The first-order valence-corrected chi connectivity index (χ1v) is 6.50. The van der Waals surface area contributed by atoms with Crippen molar-refractivity contribution in [2.45, 2.75) is 25.7 Å². The van der Waals surface area contributed by atoms with Crippen LogP contribution in [0.4, 0.5) is 11.5 Å². The third-order valence-electron chi connectivity index (χ3n) is 4.47. The topological polar surface area (TPSA) is 55.0 Å². The maximum atomic E-state index is 5.90. The van der Waals surface area contributed by atoms with Crippen LogP contribution in [0.5, 0.6) is 0 Å². The Bertz CT molecular complexity index is 406. The first-order chi connectivity index (χ1) is 8.24. The molecule has 3 atom stereocenters. The van der Waals surface area contributed by atoms with Gasteiger partial charge in [-0.2, -0.15) is 0 Å². The van der Waals surface area contributed by atoms with Crippen molar-refractivity contribution < 1.29 is 0 Å². The molecule has 0 saturated heterocycles. The quantitative estimate of drug-likeness (QED) is 0.865. The molecular formula is C13H20N4. The number of nitrogens with two attached hydrogens (primary N) is 1. The van der Waals surface area contributed by atoms with E-state index >= 15 is 0 Å². The SMILES string of the molecule is CN(CC1CC2CCC1C2)c1ncncc1N. The van der Waals surface area contributed by atoms with Gasteiger partial charge in [0.15, 0.2) is 5.82 Å². The second-order valence-electron chi connectivity index (χ2n) is 5.62. The highest BCUT2D eigenvalue weighted by Gasteiger charge is 2.39. The molecule has 3 rings (SSSR count). The van der Waals surface area contributed by atoms with Crippen LogP contribution in [0.15, 0.2) is 12.5 Å². The molecule has 2 N–H and O–H groups in total. The van der Waals surface area contributed by atoms with Crippen LogP contribution in [-0.2, 0) is 0 Å². The summed E-state index contributed by atoms with van der Waals surface area (Å²) in [6, 6.07) is 0. The van der Waals surface area contributed by atoms with E-state index in [-0.39, 0.29) is 0 Å². The Kier molecular flexibility index (Phi) is 2.65. The van der Waals surface area contributed by atoms with E-state index < -0.39 is 0 Å². The monoisotopic (exact) mass is 232 g/mol. The summed E-state index contributed by atoms with van der Waals surface area (Å²) >= 11 is 0. The molecule has 3 unspecified atom stereocenters. The van der Waals surface area contributed by atoms with Crippen molar-refractivity contribution in [2.24, 2.45) is 17.8 Å². The summed E-state index contributed by atoms with van der Waals surface area (Å²) in [5, 5.41) is 0. The molecule has 2 saturated carbocycles. The molecule has 0 amide bonds. The molecule has 2 fully saturated rings. The predicted molar refractivity (Wildman–Crippen MR) is 68.7 cm³/mol. The number of nitrogens with zero attached hydrogens (tertiary/aromatic N) is 3. The molecule has 0 aliphatic heterocycles. The highest BCUT2D eigenvalue weighted by molar-refractivity contribution is 5.60. The Hall–Kier alpha value is -1.32. The molecule has 1 heterocycles. The molecule has 0 aromatic carbocycles. The minimum absolute atomic E-state index is 0.679. The van der Waals surface area contributed by atoms with Gasteiger partial charge in [0.05, 0.1) is 11.9 Å². The molecule has 2 aliphatic carbocycles. The van der Waals surface area contributed by atoms with E-state index in [4.69, 9.17) is 5.73 Å². The van der Waals surface area contributed by atoms with E-state index in [1.165, 1.54) is 25.7 Å². The lowest BCUT2D eigenvalue weighted by atomic mass is 9.88. The molecule has 2 aliphatic rings. The lowest BCUT2D eigenvalue weighted by molar-refractivity contribution is 0.337. The van der Waals surface area contributed by atoms with Gasteiger partial charge in [0.25, 0.3) is 0 Å². The number of hydrogen-bond acceptors (Lipinski definition) is 4. The molecular weight excluding hydrogens is 212 g/mol. The lowest BCUT2D eigenvalue weighted by Gasteiger charge is -2.28. The van der Waals surface area contributed by atoms with E-state index in [0.29, 0.717) is 5.69 Å². The van der Waals surface area contributed by atoms with E-state index in [1.54, 1.807) is 12.5 Å². The summed E-state index contributed by atoms with van der Waals surface area (Å²) in [7, 11) is 2.09. The largest absolute Gasteiger partial charge is 0.394 e. The smallest absolute Gasteiger partial charge is 0.154 e. The van der Waals surface area contributed by atoms with Crippen molar-refractivity contribution in [3.8, 4) is 0 Å². The Morgan fingerprint density at radius 1 is 1.41 bits per heavy atom. The van der Waals surface area contributed by atoms with Gasteiger partial charge in [-0.15, -0.1) is 0 Å². The molecule has 0 spiro atoms. The van der Waals surface area contributed by atoms with Crippen molar-refractivity contribution in [1.29, 1.82) is 0 Å². The van der Waals surface area contributed by atoms with Gasteiger partial charge in [0.1, 0.15) is 6.33 Å². The average Bonchev–Trinajstić information content (AvgIpc) is 2.91. The Morgan fingerprint density at radius 2 is 2.29 bits per heavy atom. The minimum atomic E-state index is 0.679. The zero-order valence-corrected chi connectivity index (χ0v) is 10.3. The Labute approximate surface area is 102 Å². The normalized spacial score (nSPS) is 30.8. The molecule has 4 nitrogen and oxygen atoms in total. The molecule has 4 heteroatoms. The number of nitrogen functional groups attached to an aromatic ring is 1.